The van der Waals surface area contributed by atoms with E-state index in [1.807, 2.05) is 0 Å². The first kappa shape index (κ1) is 21.6. The van der Waals surface area contributed by atoms with Gasteiger partial charge in [-0.2, -0.15) is 4.31 Å². The molecule has 2 aliphatic heterocycles. The zero-order valence-corrected chi connectivity index (χ0v) is 18.9. The number of fused-ring (bicyclic) bond motifs is 1. The van der Waals surface area contributed by atoms with Gasteiger partial charge in [-0.25, -0.2) is 8.42 Å². The van der Waals surface area contributed by atoms with Gasteiger partial charge in [0, 0.05) is 24.0 Å². The van der Waals surface area contributed by atoms with E-state index in [0.29, 0.717) is 24.7 Å². The van der Waals surface area contributed by atoms with Gasteiger partial charge in [-0.05, 0) is 49.8 Å². The number of thioether (sulfide) groups is 1. The maximum atomic E-state index is 13.2. The number of nitrogens with zero attached hydrogens (tertiary/aromatic N) is 2. The summed E-state index contributed by atoms with van der Waals surface area (Å²) in [4.78, 5) is 27.6. The molecule has 164 valence electrons. The average molecular weight is 452 g/mol. The van der Waals surface area contributed by atoms with Crippen molar-refractivity contribution in [2.75, 3.05) is 30.3 Å². The SMILES string of the molecule is CC1CCN(S(=O)(=O)c2ccc3c(c2)N(CC(=O)NC2CCCC2)C(=O)CS3)CC1. The van der Waals surface area contributed by atoms with E-state index in [4.69, 9.17) is 0 Å². The summed E-state index contributed by atoms with van der Waals surface area (Å²) in [7, 11) is -3.62. The molecular weight excluding hydrogens is 422 g/mol. The van der Waals surface area contributed by atoms with E-state index in [-0.39, 0.29) is 35.0 Å². The van der Waals surface area contributed by atoms with Gasteiger partial charge in [-0.1, -0.05) is 19.8 Å². The lowest BCUT2D eigenvalue weighted by molar-refractivity contribution is -0.123. The van der Waals surface area contributed by atoms with E-state index < -0.39 is 10.0 Å². The fourth-order valence-electron chi connectivity index (χ4n) is 4.38. The van der Waals surface area contributed by atoms with Gasteiger partial charge in [-0.3, -0.25) is 9.59 Å². The van der Waals surface area contributed by atoms with E-state index in [1.54, 1.807) is 18.2 Å². The predicted molar refractivity (Wildman–Crippen MR) is 117 cm³/mol. The van der Waals surface area contributed by atoms with E-state index in [1.165, 1.54) is 21.0 Å². The Hall–Kier alpha value is -1.58. The highest BCUT2D eigenvalue weighted by Gasteiger charge is 2.32. The molecule has 9 heteroatoms. The average Bonchev–Trinajstić information content (AvgIpc) is 3.23. The molecule has 1 aliphatic carbocycles. The Balaban J connectivity index is 1.56. The topological polar surface area (TPSA) is 86.8 Å². The summed E-state index contributed by atoms with van der Waals surface area (Å²) in [6.07, 6.45) is 5.89. The Labute approximate surface area is 182 Å². The summed E-state index contributed by atoms with van der Waals surface area (Å²) in [5.41, 5.74) is 0.518. The Morgan fingerprint density at radius 1 is 1.17 bits per heavy atom. The molecule has 1 N–H and O–H groups in total. The lowest BCUT2D eigenvalue weighted by atomic mass is 10.0. The fourth-order valence-corrected chi connectivity index (χ4v) is 6.78. The largest absolute Gasteiger partial charge is 0.352 e. The summed E-state index contributed by atoms with van der Waals surface area (Å²) >= 11 is 1.38. The van der Waals surface area contributed by atoms with Gasteiger partial charge in [0.05, 0.1) is 16.3 Å². The zero-order chi connectivity index (χ0) is 21.3. The highest BCUT2D eigenvalue weighted by atomic mass is 32.2. The normalized spacial score (nSPS) is 21.6. The molecule has 4 rings (SSSR count). The van der Waals surface area contributed by atoms with Crippen LogP contribution < -0.4 is 10.2 Å². The molecule has 2 fully saturated rings. The van der Waals surface area contributed by atoms with Gasteiger partial charge in [0.25, 0.3) is 0 Å². The molecule has 7 nitrogen and oxygen atoms in total. The highest BCUT2D eigenvalue weighted by Crippen LogP contribution is 2.37. The zero-order valence-electron chi connectivity index (χ0n) is 17.3. The second kappa shape index (κ2) is 8.88. The molecule has 1 aromatic carbocycles. The minimum absolute atomic E-state index is 0.0758. The van der Waals surface area contributed by atoms with Crippen molar-refractivity contribution in [1.82, 2.24) is 9.62 Å². The maximum Gasteiger partial charge on any atom is 0.243 e. The number of nitrogens with one attached hydrogen (secondary N) is 1. The summed E-state index contributed by atoms with van der Waals surface area (Å²) in [5.74, 6) is 0.421. The first-order chi connectivity index (χ1) is 14.3. The second-order valence-electron chi connectivity index (χ2n) is 8.53. The Kier molecular flexibility index (Phi) is 6.41. The van der Waals surface area contributed by atoms with E-state index in [9.17, 15) is 18.0 Å². The first-order valence-electron chi connectivity index (χ1n) is 10.7. The van der Waals surface area contributed by atoms with Crippen LogP contribution in [0, 0.1) is 5.92 Å². The van der Waals surface area contributed by atoms with Crippen molar-refractivity contribution in [3.63, 3.8) is 0 Å². The Morgan fingerprint density at radius 2 is 1.87 bits per heavy atom. The van der Waals surface area contributed by atoms with Crippen LogP contribution in [0.25, 0.3) is 0 Å². The summed E-state index contributed by atoms with van der Waals surface area (Å²) in [6, 6.07) is 5.12. The van der Waals surface area contributed by atoms with Gasteiger partial charge >= 0.3 is 0 Å². The minimum atomic E-state index is -3.62. The van der Waals surface area contributed by atoms with Crippen molar-refractivity contribution in [2.24, 2.45) is 5.92 Å². The van der Waals surface area contributed by atoms with Gasteiger partial charge in [0.2, 0.25) is 21.8 Å². The fraction of sp³-hybridized carbons (Fsp3) is 0.619. The van der Waals surface area contributed by atoms with Crippen LogP contribution >= 0.6 is 11.8 Å². The van der Waals surface area contributed by atoms with Crippen LogP contribution in [0.1, 0.15) is 45.4 Å². The molecule has 0 atom stereocenters. The van der Waals surface area contributed by atoms with Gasteiger partial charge in [0.15, 0.2) is 0 Å². The van der Waals surface area contributed by atoms with Crippen LogP contribution in [0.2, 0.25) is 0 Å². The molecule has 3 aliphatic rings. The standard InChI is InChI=1S/C21H29N3O4S2/c1-15-8-10-23(11-9-15)30(27,28)17-6-7-19-18(12-17)24(21(26)14-29-19)13-20(25)22-16-4-2-3-5-16/h6-7,12,15-16H,2-5,8-11,13-14H2,1H3,(H,22,25). The number of carbonyl (C=O) groups is 2. The smallest absolute Gasteiger partial charge is 0.243 e. The Morgan fingerprint density at radius 3 is 2.57 bits per heavy atom. The van der Waals surface area contributed by atoms with E-state index in [2.05, 4.69) is 12.2 Å². The third-order valence-corrected chi connectivity index (χ3v) is 9.22. The summed E-state index contributed by atoms with van der Waals surface area (Å²) in [5, 5.41) is 3.01. The molecule has 1 saturated carbocycles. The van der Waals surface area contributed by atoms with Crippen molar-refractivity contribution >= 4 is 39.3 Å². The van der Waals surface area contributed by atoms with Gasteiger partial charge in [0.1, 0.15) is 6.54 Å². The van der Waals surface area contributed by atoms with E-state index >= 15 is 0 Å². The van der Waals surface area contributed by atoms with Crippen LogP contribution in [-0.2, 0) is 19.6 Å². The summed E-state index contributed by atoms with van der Waals surface area (Å²) in [6.45, 7) is 3.09. The van der Waals surface area contributed by atoms with E-state index in [0.717, 1.165) is 43.4 Å². The number of hydrogen-bond donors (Lipinski definition) is 1. The second-order valence-corrected chi connectivity index (χ2v) is 11.5. The lowest BCUT2D eigenvalue weighted by Gasteiger charge is -2.31. The summed E-state index contributed by atoms with van der Waals surface area (Å²) < 4.78 is 27.8. The minimum Gasteiger partial charge on any atom is -0.352 e. The molecule has 1 saturated heterocycles. The number of hydrogen-bond acceptors (Lipinski definition) is 5. The van der Waals surface area contributed by atoms with Crippen LogP contribution in [0.4, 0.5) is 5.69 Å². The number of sulfonamides is 1. The van der Waals surface area contributed by atoms with Crippen molar-refractivity contribution in [2.45, 2.75) is 61.3 Å². The first-order valence-corrected chi connectivity index (χ1v) is 13.1. The number of amides is 2. The lowest BCUT2D eigenvalue weighted by Crippen LogP contribution is -2.45. The molecule has 0 aromatic heterocycles. The number of rotatable bonds is 5. The van der Waals surface area contributed by atoms with Gasteiger partial charge in [-0.15, -0.1) is 11.8 Å². The van der Waals surface area contributed by atoms with Crippen molar-refractivity contribution in [1.29, 1.82) is 0 Å². The van der Waals surface area contributed by atoms with Gasteiger partial charge < -0.3 is 10.2 Å². The molecule has 0 radical (unpaired) electrons. The number of carbonyl (C=O) groups excluding carboxylic acids is 2. The van der Waals surface area contributed by atoms with Crippen molar-refractivity contribution < 1.29 is 18.0 Å². The van der Waals surface area contributed by atoms with Crippen molar-refractivity contribution in [3.8, 4) is 0 Å². The number of benzene rings is 1. The molecule has 0 unspecified atom stereocenters. The number of anilines is 1. The molecule has 30 heavy (non-hydrogen) atoms. The van der Waals surface area contributed by atoms with Crippen molar-refractivity contribution in [3.05, 3.63) is 18.2 Å². The quantitative estimate of drug-likeness (QED) is 0.744. The molecule has 1 aromatic rings. The molecule has 0 spiro atoms. The van der Waals surface area contributed by atoms with Crippen LogP contribution in [-0.4, -0.2) is 56.0 Å². The van der Waals surface area contributed by atoms with Crippen LogP contribution in [0.3, 0.4) is 0 Å². The van der Waals surface area contributed by atoms with Crippen LogP contribution in [0.15, 0.2) is 28.0 Å². The monoisotopic (exact) mass is 451 g/mol. The molecule has 2 amide bonds. The third-order valence-electron chi connectivity index (χ3n) is 6.28. The third kappa shape index (κ3) is 4.53. The predicted octanol–water partition coefficient (Wildman–Crippen LogP) is 2.60. The molecule has 0 bridgehead atoms. The molecule has 2 heterocycles. The highest BCUT2D eigenvalue weighted by molar-refractivity contribution is 8.00. The molecular formula is C21H29N3O4S2. The Bertz CT molecular complexity index is 920. The maximum absolute atomic E-state index is 13.2. The van der Waals surface area contributed by atoms with Crippen LogP contribution in [0.5, 0.6) is 0 Å². The number of piperidine rings is 1.